The first-order valence-corrected chi connectivity index (χ1v) is 12.9. The minimum Gasteiger partial charge on any atom is -0.456 e. The molecule has 0 saturated carbocycles. The lowest BCUT2D eigenvalue weighted by molar-refractivity contribution is -0.959. The van der Waals surface area contributed by atoms with Crippen molar-refractivity contribution in [1.82, 2.24) is 0 Å². The Morgan fingerprint density at radius 2 is 1.34 bits per heavy atom. The van der Waals surface area contributed by atoms with E-state index < -0.39 is 5.66 Å². The number of fused-ring (bicyclic) bond motifs is 9. The molecular formula is C33H19N3O2+2. The SMILES string of the molecule is c1ccc2c(c1)-c1ccccc1N1c3c-2ccc2c3C3(c4c(cccc4-c4occ[n+]43)O2)[n+]2ccccc21. The van der Waals surface area contributed by atoms with Gasteiger partial charge in [0.05, 0.1) is 6.20 Å². The summed E-state index contributed by atoms with van der Waals surface area (Å²) < 4.78 is 17.6. The quantitative estimate of drug-likeness (QED) is 0.223. The molecule has 10 rings (SSSR count). The van der Waals surface area contributed by atoms with Gasteiger partial charge in [0.25, 0.3) is 5.82 Å². The number of ether oxygens (including phenoxy) is 1. The smallest absolute Gasteiger partial charge is 0.385 e. The highest BCUT2D eigenvalue weighted by molar-refractivity contribution is 6.04. The highest BCUT2D eigenvalue weighted by atomic mass is 16.5. The molecule has 176 valence electrons. The lowest BCUT2D eigenvalue weighted by Crippen LogP contribution is -2.75. The maximum absolute atomic E-state index is 6.72. The van der Waals surface area contributed by atoms with E-state index in [1.807, 2.05) is 6.07 Å². The van der Waals surface area contributed by atoms with Crippen molar-refractivity contribution in [2.45, 2.75) is 5.66 Å². The van der Waals surface area contributed by atoms with E-state index >= 15 is 0 Å². The van der Waals surface area contributed by atoms with Crippen LogP contribution in [-0.4, -0.2) is 0 Å². The van der Waals surface area contributed by atoms with Crippen LogP contribution in [0.1, 0.15) is 11.1 Å². The van der Waals surface area contributed by atoms with Crippen LogP contribution in [0.2, 0.25) is 0 Å². The fourth-order valence-electron chi connectivity index (χ4n) is 7.27. The lowest BCUT2D eigenvalue weighted by atomic mass is 9.81. The summed E-state index contributed by atoms with van der Waals surface area (Å²) >= 11 is 0. The Labute approximate surface area is 218 Å². The van der Waals surface area contributed by atoms with Crippen molar-refractivity contribution in [1.29, 1.82) is 0 Å². The lowest BCUT2D eigenvalue weighted by Gasteiger charge is -2.38. The van der Waals surface area contributed by atoms with E-state index in [9.17, 15) is 0 Å². The van der Waals surface area contributed by atoms with Gasteiger partial charge in [0, 0.05) is 17.2 Å². The molecule has 4 aliphatic heterocycles. The monoisotopic (exact) mass is 489 g/mol. The average Bonchev–Trinajstić information content (AvgIpc) is 3.53. The van der Waals surface area contributed by atoms with Crippen LogP contribution >= 0.6 is 0 Å². The summed E-state index contributed by atoms with van der Waals surface area (Å²) in [4.78, 5) is 2.42. The Kier molecular flexibility index (Phi) is 3.11. The molecule has 0 fully saturated rings. The zero-order valence-corrected chi connectivity index (χ0v) is 20.1. The van der Waals surface area contributed by atoms with Gasteiger partial charge in [-0.15, -0.1) is 4.57 Å². The van der Waals surface area contributed by atoms with Gasteiger partial charge in [-0.05, 0) is 47.5 Å². The maximum atomic E-state index is 6.72. The minimum atomic E-state index is -0.686. The molecule has 0 radical (unpaired) electrons. The van der Waals surface area contributed by atoms with Gasteiger partial charge in [0.2, 0.25) is 6.20 Å². The summed E-state index contributed by atoms with van der Waals surface area (Å²) in [5.41, 5.74) is 9.74. The van der Waals surface area contributed by atoms with Crippen LogP contribution in [0.5, 0.6) is 11.5 Å². The van der Waals surface area contributed by atoms with Gasteiger partial charge in [-0.3, -0.25) is 0 Å². The summed E-state index contributed by atoms with van der Waals surface area (Å²) in [6, 6.07) is 34.5. The van der Waals surface area contributed by atoms with Crippen LogP contribution < -0.4 is 18.8 Å². The topological polar surface area (TPSA) is 33.4 Å². The highest BCUT2D eigenvalue weighted by Crippen LogP contribution is 2.62. The van der Waals surface area contributed by atoms with Crippen LogP contribution in [0.25, 0.3) is 33.7 Å². The molecule has 5 heteroatoms. The van der Waals surface area contributed by atoms with Crippen LogP contribution in [0.4, 0.5) is 17.2 Å². The van der Waals surface area contributed by atoms with Gasteiger partial charge in [-0.25, -0.2) is 0 Å². The predicted molar refractivity (Wildman–Crippen MR) is 142 cm³/mol. The minimum absolute atomic E-state index is 0.686. The number of benzene rings is 4. The summed E-state index contributed by atoms with van der Waals surface area (Å²) in [5.74, 6) is 3.64. The summed E-state index contributed by atoms with van der Waals surface area (Å²) in [6.45, 7) is 0. The zero-order valence-electron chi connectivity index (χ0n) is 20.1. The van der Waals surface area contributed by atoms with E-state index in [0.29, 0.717) is 0 Å². The van der Waals surface area contributed by atoms with Crippen molar-refractivity contribution in [3.63, 3.8) is 0 Å². The van der Waals surface area contributed by atoms with Crippen LogP contribution in [0.3, 0.4) is 0 Å². The molecule has 4 aromatic carbocycles. The molecule has 6 heterocycles. The molecule has 5 nitrogen and oxygen atoms in total. The van der Waals surface area contributed by atoms with Gasteiger partial charge < -0.3 is 9.15 Å². The Morgan fingerprint density at radius 1 is 0.579 bits per heavy atom. The fourth-order valence-corrected chi connectivity index (χ4v) is 7.27. The molecule has 0 saturated heterocycles. The van der Waals surface area contributed by atoms with Crippen LogP contribution in [0, 0.1) is 0 Å². The average molecular weight is 490 g/mol. The second-order valence-electron chi connectivity index (χ2n) is 10.2. The van der Waals surface area contributed by atoms with Crippen molar-refractivity contribution in [3.05, 3.63) is 127 Å². The van der Waals surface area contributed by atoms with Gasteiger partial charge in [-0.2, -0.15) is 9.47 Å². The second-order valence-corrected chi connectivity index (χ2v) is 10.2. The van der Waals surface area contributed by atoms with Crippen molar-refractivity contribution >= 4 is 17.2 Å². The third-order valence-corrected chi connectivity index (χ3v) is 8.56. The molecule has 1 spiro atoms. The number of aromatic nitrogens is 2. The molecule has 0 amide bonds. The molecule has 1 unspecified atom stereocenters. The Balaban J connectivity index is 1.49. The molecular weight excluding hydrogens is 470 g/mol. The van der Waals surface area contributed by atoms with E-state index in [1.165, 1.54) is 22.3 Å². The number of hydrogen-bond donors (Lipinski definition) is 0. The van der Waals surface area contributed by atoms with Gasteiger partial charge in [-0.1, -0.05) is 54.6 Å². The van der Waals surface area contributed by atoms with E-state index in [1.54, 1.807) is 6.26 Å². The molecule has 0 bridgehead atoms. The van der Waals surface area contributed by atoms with Crippen molar-refractivity contribution in [2.24, 2.45) is 0 Å². The number of pyridine rings is 1. The predicted octanol–water partition coefficient (Wildman–Crippen LogP) is 6.67. The van der Waals surface area contributed by atoms with E-state index in [2.05, 4.69) is 117 Å². The Bertz CT molecular complexity index is 2040. The van der Waals surface area contributed by atoms with Crippen molar-refractivity contribution in [2.75, 3.05) is 4.90 Å². The number of anilines is 3. The summed E-state index contributed by atoms with van der Waals surface area (Å²) in [7, 11) is 0. The third-order valence-electron chi connectivity index (χ3n) is 8.56. The molecule has 6 aromatic rings. The largest absolute Gasteiger partial charge is 0.456 e. The third kappa shape index (κ3) is 1.88. The summed E-state index contributed by atoms with van der Waals surface area (Å²) in [5, 5.41) is 0. The summed E-state index contributed by atoms with van der Waals surface area (Å²) in [6.07, 6.45) is 6.04. The Morgan fingerprint density at radius 3 is 2.26 bits per heavy atom. The second kappa shape index (κ2) is 6.21. The molecule has 4 aliphatic rings. The van der Waals surface area contributed by atoms with Gasteiger partial charge >= 0.3 is 11.6 Å². The first-order chi connectivity index (χ1) is 18.9. The van der Waals surface area contributed by atoms with Crippen molar-refractivity contribution in [3.8, 4) is 45.2 Å². The first kappa shape index (κ1) is 19.0. The van der Waals surface area contributed by atoms with E-state index in [0.717, 1.165) is 51.3 Å². The normalized spacial score (nSPS) is 17.7. The van der Waals surface area contributed by atoms with Crippen LogP contribution in [0.15, 0.2) is 120 Å². The van der Waals surface area contributed by atoms with E-state index in [-0.39, 0.29) is 0 Å². The first-order valence-electron chi connectivity index (χ1n) is 12.9. The van der Waals surface area contributed by atoms with Crippen LogP contribution in [-0.2, 0) is 5.66 Å². The molecule has 2 aromatic heterocycles. The van der Waals surface area contributed by atoms with E-state index in [4.69, 9.17) is 9.15 Å². The number of rotatable bonds is 0. The molecule has 0 aliphatic carbocycles. The molecule has 0 N–H and O–H groups in total. The van der Waals surface area contributed by atoms with Gasteiger partial charge in [0.1, 0.15) is 28.3 Å². The number of hydrogen-bond acceptors (Lipinski definition) is 3. The Hall–Kier alpha value is -5.16. The standard InChI is InChI=1S/C33H19N3O2/c1-2-9-21-20(8-1)22-10-3-4-12-25(22)36-28-14-5-6-17-34(28)33-29-24(32-35(33)18-19-37-32)11-7-13-26(29)38-27-16-15-23(21)31(36)30(27)33/h1-19H/q+2. The van der Waals surface area contributed by atoms with Crippen molar-refractivity contribution < 1.29 is 18.3 Å². The zero-order chi connectivity index (χ0) is 24.6. The van der Waals surface area contributed by atoms with Gasteiger partial charge in [0.15, 0.2) is 17.5 Å². The number of para-hydroxylation sites is 1. The fraction of sp³-hybridized carbons (Fsp3) is 0.0303. The molecule has 38 heavy (non-hydrogen) atoms. The maximum Gasteiger partial charge on any atom is 0.385 e. The number of nitrogens with zero attached hydrogens (tertiary/aromatic N) is 3. The molecule has 1 atom stereocenters. The number of oxazole rings is 1. The highest BCUT2D eigenvalue weighted by Gasteiger charge is 2.70.